The molecule has 302 valence electrons. The van der Waals surface area contributed by atoms with Crippen molar-refractivity contribution in [2.24, 2.45) is 0 Å². The third-order valence-electron chi connectivity index (χ3n) is 8.59. The first-order chi connectivity index (χ1) is 25.8. The molecule has 53 heavy (non-hydrogen) atoms. The van der Waals surface area contributed by atoms with Gasteiger partial charge in [0.1, 0.15) is 31.0 Å². The van der Waals surface area contributed by atoms with Gasteiger partial charge in [0.2, 0.25) is 0 Å². The Morgan fingerprint density at radius 3 is 1.60 bits per heavy atom. The molecule has 0 radical (unpaired) electrons. The number of aliphatic hydroxyl groups is 4. The van der Waals surface area contributed by atoms with Gasteiger partial charge in [-0.2, -0.15) is 0 Å². The van der Waals surface area contributed by atoms with Gasteiger partial charge in [0, 0.05) is 12.8 Å². The van der Waals surface area contributed by atoms with Gasteiger partial charge in [0.05, 0.1) is 13.2 Å². The molecule has 0 aromatic heterocycles. The molecule has 0 aromatic rings. The normalized spacial score (nSPS) is 21.7. The van der Waals surface area contributed by atoms with E-state index < -0.39 is 55.4 Å². The summed E-state index contributed by atoms with van der Waals surface area (Å²) in [6.45, 7) is 3.11. The molecule has 0 bridgehead atoms. The fraction of sp³-hybridized carbons (Fsp3) is 0.674. The predicted octanol–water partition coefficient (Wildman–Crippen LogP) is 7.66. The molecule has 0 amide bonds. The van der Waals surface area contributed by atoms with Crippen molar-refractivity contribution in [2.75, 3.05) is 19.8 Å². The Bertz CT molecular complexity index is 1090. The third kappa shape index (κ3) is 25.7. The van der Waals surface area contributed by atoms with E-state index in [0.29, 0.717) is 12.8 Å². The Kier molecular flexibility index (Phi) is 30.6. The van der Waals surface area contributed by atoms with Crippen LogP contribution in [0, 0.1) is 0 Å². The minimum atomic E-state index is -1.61. The lowest BCUT2D eigenvalue weighted by molar-refractivity contribution is -0.305. The summed E-state index contributed by atoms with van der Waals surface area (Å²) in [7, 11) is 0. The topological polar surface area (TPSA) is 152 Å². The lowest BCUT2D eigenvalue weighted by Crippen LogP contribution is -2.59. The van der Waals surface area contributed by atoms with Crippen LogP contribution in [-0.4, -0.2) is 89.0 Å². The number of hydrogen-bond donors (Lipinski definition) is 4. The number of carbonyl (C=O) groups is 2. The summed E-state index contributed by atoms with van der Waals surface area (Å²) < 4.78 is 22.0. The number of allylic oxidation sites excluding steroid dienone is 12. The smallest absolute Gasteiger partial charge is 0.306 e. The molecule has 0 spiro atoms. The van der Waals surface area contributed by atoms with E-state index in [1.54, 1.807) is 0 Å². The number of hydrogen-bond acceptors (Lipinski definition) is 10. The quantitative estimate of drug-likeness (QED) is 0.0316. The standard InChI is InChI=1S/C43H70O10/c1-3-5-7-9-11-13-15-17-18-20-22-24-26-28-30-32-39(46)52-36(35-51-43-42(49)41(48)40(47)37(33-44)53-43)34-50-38(45)31-29-27-25-23-21-19-16-14-12-10-8-6-4-2/h5-8,11-14,17-19,21,36-37,40-44,47-49H,3-4,9-10,15-16,20,22-35H2,1-2H3. The molecular weight excluding hydrogens is 676 g/mol. The van der Waals surface area contributed by atoms with E-state index in [1.165, 1.54) is 0 Å². The SMILES string of the molecule is CCC=CCC=CCC=CCCCCCCCC(=O)OC(COC(=O)CCCCCC=CCC=CCC=CCC)COC1OC(CO)C(O)C(O)C1O. The van der Waals surface area contributed by atoms with Gasteiger partial charge in [-0.1, -0.05) is 112 Å². The lowest BCUT2D eigenvalue weighted by atomic mass is 9.99. The zero-order chi connectivity index (χ0) is 38.8. The molecule has 1 fully saturated rings. The number of ether oxygens (including phenoxy) is 4. The molecule has 6 unspecified atom stereocenters. The van der Waals surface area contributed by atoms with Crippen LogP contribution >= 0.6 is 0 Å². The van der Waals surface area contributed by atoms with Crippen molar-refractivity contribution in [3.63, 3.8) is 0 Å². The van der Waals surface area contributed by atoms with Crippen molar-refractivity contribution in [2.45, 2.75) is 166 Å². The van der Waals surface area contributed by atoms with Crippen LogP contribution in [0.3, 0.4) is 0 Å². The van der Waals surface area contributed by atoms with E-state index in [0.717, 1.165) is 89.9 Å². The van der Waals surface area contributed by atoms with Crippen molar-refractivity contribution in [3.8, 4) is 0 Å². The van der Waals surface area contributed by atoms with Crippen LogP contribution in [0.5, 0.6) is 0 Å². The van der Waals surface area contributed by atoms with Gasteiger partial charge in [-0.15, -0.1) is 0 Å². The Hall–Kier alpha value is -2.86. The van der Waals surface area contributed by atoms with Crippen molar-refractivity contribution in [1.29, 1.82) is 0 Å². The van der Waals surface area contributed by atoms with E-state index >= 15 is 0 Å². The summed E-state index contributed by atoms with van der Waals surface area (Å²) in [6.07, 6.45) is 33.4. The molecule has 1 heterocycles. The van der Waals surface area contributed by atoms with Gasteiger partial charge in [-0.05, 0) is 77.0 Å². The second-order valence-corrected chi connectivity index (χ2v) is 13.3. The summed E-state index contributed by atoms with van der Waals surface area (Å²) >= 11 is 0. The Morgan fingerprint density at radius 1 is 0.585 bits per heavy atom. The van der Waals surface area contributed by atoms with Gasteiger partial charge in [-0.3, -0.25) is 9.59 Å². The first kappa shape index (κ1) is 48.2. The summed E-state index contributed by atoms with van der Waals surface area (Å²) in [5, 5.41) is 40.0. The number of carbonyl (C=O) groups excluding carboxylic acids is 2. The van der Waals surface area contributed by atoms with E-state index in [2.05, 4.69) is 86.8 Å². The average molecular weight is 747 g/mol. The molecule has 1 rings (SSSR count). The largest absolute Gasteiger partial charge is 0.462 e. The zero-order valence-electron chi connectivity index (χ0n) is 32.5. The molecule has 10 heteroatoms. The highest BCUT2D eigenvalue weighted by atomic mass is 16.7. The zero-order valence-corrected chi connectivity index (χ0v) is 32.5. The highest BCUT2D eigenvalue weighted by Crippen LogP contribution is 2.22. The lowest BCUT2D eigenvalue weighted by Gasteiger charge is -2.39. The maximum atomic E-state index is 12.7. The molecule has 0 aliphatic carbocycles. The maximum absolute atomic E-state index is 12.7. The molecule has 4 N–H and O–H groups in total. The molecule has 0 aromatic carbocycles. The van der Waals surface area contributed by atoms with Crippen molar-refractivity contribution in [3.05, 3.63) is 72.9 Å². The highest BCUT2D eigenvalue weighted by molar-refractivity contribution is 5.70. The highest BCUT2D eigenvalue weighted by Gasteiger charge is 2.44. The van der Waals surface area contributed by atoms with E-state index in [4.69, 9.17) is 18.9 Å². The number of esters is 2. The molecule has 1 aliphatic rings. The van der Waals surface area contributed by atoms with Crippen LogP contribution in [0.1, 0.15) is 129 Å². The van der Waals surface area contributed by atoms with Gasteiger partial charge < -0.3 is 39.4 Å². The second kappa shape index (κ2) is 33.7. The minimum Gasteiger partial charge on any atom is -0.462 e. The monoisotopic (exact) mass is 746 g/mol. The molecule has 10 nitrogen and oxygen atoms in total. The van der Waals surface area contributed by atoms with Gasteiger partial charge in [-0.25, -0.2) is 0 Å². The van der Waals surface area contributed by atoms with Crippen LogP contribution in [0.2, 0.25) is 0 Å². The molecular formula is C43H70O10. The molecule has 0 saturated carbocycles. The minimum absolute atomic E-state index is 0.200. The average Bonchev–Trinajstić information content (AvgIpc) is 3.15. The number of rotatable bonds is 31. The maximum Gasteiger partial charge on any atom is 0.306 e. The van der Waals surface area contributed by atoms with Gasteiger partial charge in [0.25, 0.3) is 0 Å². The summed E-state index contributed by atoms with van der Waals surface area (Å²) in [5.41, 5.74) is 0. The first-order valence-corrected chi connectivity index (χ1v) is 20.0. The van der Waals surface area contributed by atoms with Crippen LogP contribution in [-0.2, 0) is 28.5 Å². The van der Waals surface area contributed by atoms with Gasteiger partial charge in [0.15, 0.2) is 12.4 Å². The molecule has 1 aliphatic heterocycles. The molecule has 6 atom stereocenters. The fourth-order valence-corrected chi connectivity index (χ4v) is 5.45. The summed E-state index contributed by atoms with van der Waals surface area (Å²) in [4.78, 5) is 25.2. The number of aliphatic hydroxyl groups excluding tert-OH is 4. The Balaban J connectivity index is 2.42. The van der Waals surface area contributed by atoms with Crippen LogP contribution in [0.25, 0.3) is 0 Å². The van der Waals surface area contributed by atoms with E-state index in [9.17, 15) is 30.0 Å². The molecule has 1 saturated heterocycles. The fourth-order valence-electron chi connectivity index (χ4n) is 5.45. The van der Waals surface area contributed by atoms with Crippen LogP contribution in [0.15, 0.2) is 72.9 Å². The van der Waals surface area contributed by atoms with E-state index in [-0.39, 0.29) is 26.1 Å². The van der Waals surface area contributed by atoms with Crippen molar-refractivity contribution in [1.82, 2.24) is 0 Å². The van der Waals surface area contributed by atoms with Crippen LogP contribution < -0.4 is 0 Å². The van der Waals surface area contributed by atoms with Crippen molar-refractivity contribution >= 4 is 11.9 Å². The van der Waals surface area contributed by atoms with Crippen molar-refractivity contribution < 1.29 is 49.0 Å². The third-order valence-corrected chi connectivity index (χ3v) is 8.59. The second-order valence-electron chi connectivity index (χ2n) is 13.3. The Labute approximate surface area is 319 Å². The van der Waals surface area contributed by atoms with E-state index in [1.807, 2.05) is 0 Å². The predicted molar refractivity (Wildman–Crippen MR) is 210 cm³/mol. The number of unbranched alkanes of at least 4 members (excludes halogenated alkanes) is 8. The Morgan fingerprint density at radius 2 is 1.06 bits per heavy atom. The summed E-state index contributed by atoms with van der Waals surface area (Å²) in [5.74, 6) is -0.871. The first-order valence-electron chi connectivity index (χ1n) is 20.0. The summed E-state index contributed by atoms with van der Waals surface area (Å²) in [6, 6.07) is 0. The van der Waals surface area contributed by atoms with Gasteiger partial charge >= 0.3 is 11.9 Å². The van der Waals surface area contributed by atoms with Crippen LogP contribution in [0.4, 0.5) is 0 Å².